The molecule has 0 aromatic carbocycles. The molecule has 0 radical (unpaired) electrons. The lowest BCUT2D eigenvalue weighted by atomic mass is 9.60. The van der Waals surface area contributed by atoms with Crippen LogP contribution < -0.4 is 0 Å². The van der Waals surface area contributed by atoms with Crippen molar-refractivity contribution < 1.29 is 25.5 Å². The molecule has 3 saturated carbocycles. The van der Waals surface area contributed by atoms with Gasteiger partial charge in [0.05, 0.1) is 24.4 Å². The predicted octanol–water partition coefficient (Wildman–Crippen LogP) is 4.04. The molecule has 3 aliphatic rings. The van der Waals surface area contributed by atoms with Crippen LogP contribution in [0, 0.1) is 23.2 Å². The van der Waals surface area contributed by atoms with Crippen molar-refractivity contribution >= 4 is 0 Å². The molecule has 33 heavy (non-hydrogen) atoms. The van der Waals surface area contributed by atoms with Gasteiger partial charge in [0.25, 0.3) is 0 Å². The summed E-state index contributed by atoms with van der Waals surface area (Å²) < 4.78 is 0. The Balaban J connectivity index is 1.72. The van der Waals surface area contributed by atoms with Crippen molar-refractivity contribution in [1.82, 2.24) is 0 Å². The molecule has 0 bridgehead atoms. The van der Waals surface area contributed by atoms with E-state index in [0.29, 0.717) is 37.0 Å². The van der Waals surface area contributed by atoms with Crippen molar-refractivity contribution in [1.29, 1.82) is 0 Å². The van der Waals surface area contributed by atoms with Crippen LogP contribution in [0.1, 0.15) is 85.5 Å². The monoisotopic (exact) mass is 462 g/mol. The molecule has 0 aromatic rings. The topological polar surface area (TPSA) is 101 Å². The first-order chi connectivity index (χ1) is 15.3. The molecule has 188 valence electrons. The average molecular weight is 463 g/mol. The molecular formula is C28H46O5. The standard InChI is InChI=1S/C28H46O5/c1-18(12-14-27(4,32)28(5,33)17-29)23-10-11-24-20(7-6-13-26(23,24)3)8-9-21-15-22(30)16-25(31)19(21)2/h8-9,18,22-25,29-33H,2,6-7,10-17H2,1,3-5H3/b20-8+,21-9-/t18-,22-,23-,24+,25+,26-,27-,28?/m1/s1. The van der Waals surface area contributed by atoms with Crippen LogP contribution in [0.25, 0.3) is 0 Å². The highest BCUT2D eigenvalue weighted by atomic mass is 16.4. The summed E-state index contributed by atoms with van der Waals surface area (Å²) in [6.45, 7) is 11.4. The van der Waals surface area contributed by atoms with E-state index in [0.717, 1.165) is 36.8 Å². The fourth-order valence-electron chi connectivity index (χ4n) is 6.83. The molecule has 1 unspecified atom stereocenters. The Morgan fingerprint density at radius 1 is 1.15 bits per heavy atom. The molecule has 5 N–H and O–H groups in total. The molecule has 3 fully saturated rings. The normalized spacial score (nSPS) is 39.8. The Hall–Kier alpha value is -0.980. The lowest BCUT2D eigenvalue weighted by Crippen LogP contribution is -2.52. The molecule has 5 nitrogen and oxygen atoms in total. The summed E-state index contributed by atoms with van der Waals surface area (Å²) in [6, 6.07) is 0. The first-order valence-electron chi connectivity index (χ1n) is 12.8. The molecule has 0 spiro atoms. The zero-order valence-electron chi connectivity index (χ0n) is 21.1. The predicted molar refractivity (Wildman–Crippen MR) is 131 cm³/mol. The summed E-state index contributed by atoms with van der Waals surface area (Å²) >= 11 is 0. The van der Waals surface area contributed by atoms with Gasteiger partial charge in [0, 0.05) is 6.42 Å². The number of rotatable bonds is 7. The minimum atomic E-state index is -1.51. The number of hydrogen-bond acceptors (Lipinski definition) is 5. The van der Waals surface area contributed by atoms with Gasteiger partial charge in [0.15, 0.2) is 0 Å². The number of aliphatic hydroxyl groups excluding tert-OH is 3. The first kappa shape index (κ1) is 26.6. The van der Waals surface area contributed by atoms with Gasteiger partial charge in [-0.2, -0.15) is 0 Å². The van der Waals surface area contributed by atoms with Crippen LogP contribution in [0.15, 0.2) is 35.5 Å². The van der Waals surface area contributed by atoms with Crippen LogP contribution in [0.3, 0.4) is 0 Å². The van der Waals surface area contributed by atoms with Crippen molar-refractivity contribution in [3.8, 4) is 0 Å². The van der Waals surface area contributed by atoms with Gasteiger partial charge >= 0.3 is 0 Å². The largest absolute Gasteiger partial charge is 0.393 e. The van der Waals surface area contributed by atoms with Gasteiger partial charge in [-0.15, -0.1) is 0 Å². The molecule has 5 heteroatoms. The zero-order valence-corrected chi connectivity index (χ0v) is 21.1. The summed E-state index contributed by atoms with van der Waals surface area (Å²) in [7, 11) is 0. The first-order valence-corrected chi connectivity index (χ1v) is 12.8. The maximum Gasteiger partial charge on any atom is 0.113 e. The van der Waals surface area contributed by atoms with Crippen LogP contribution >= 0.6 is 0 Å². The van der Waals surface area contributed by atoms with Gasteiger partial charge in [0.1, 0.15) is 5.60 Å². The third kappa shape index (κ3) is 5.33. The second-order valence-electron chi connectivity index (χ2n) is 11.9. The van der Waals surface area contributed by atoms with Crippen molar-refractivity contribution in [2.75, 3.05) is 6.61 Å². The highest BCUT2D eigenvalue weighted by Crippen LogP contribution is 2.60. The highest BCUT2D eigenvalue weighted by molar-refractivity contribution is 5.38. The minimum Gasteiger partial charge on any atom is -0.393 e. The summed E-state index contributed by atoms with van der Waals surface area (Å²) in [5.74, 6) is 1.51. The number of hydrogen-bond donors (Lipinski definition) is 5. The number of fused-ring (bicyclic) bond motifs is 1. The molecular weight excluding hydrogens is 416 g/mol. The molecule has 0 saturated heterocycles. The fraction of sp³-hybridized carbons (Fsp3) is 0.786. The van der Waals surface area contributed by atoms with Crippen LogP contribution in [-0.2, 0) is 0 Å². The molecule has 0 heterocycles. The maximum atomic E-state index is 10.8. The Morgan fingerprint density at radius 3 is 2.52 bits per heavy atom. The van der Waals surface area contributed by atoms with Crippen molar-refractivity contribution in [2.24, 2.45) is 23.2 Å². The molecule has 3 aliphatic carbocycles. The Kier molecular flexibility index (Phi) is 8.02. The summed E-state index contributed by atoms with van der Waals surface area (Å²) in [6.07, 6.45) is 11.1. The van der Waals surface area contributed by atoms with Crippen LogP contribution in [-0.4, -0.2) is 55.5 Å². The Bertz CT molecular complexity index is 779. The van der Waals surface area contributed by atoms with E-state index in [1.165, 1.54) is 25.3 Å². The van der Waals surface area contributed by atoms with Crippen molar-refractivity contribution in [3.05, 3.63) is 35.5 Å². The molecule has 0 aliphatic heterocycles. The summed E-state index contributed by atoms with van der Waals surface area (Å²) in [4.78, 5) is 0. The van der Waals surface area contributed by atoms with Gasteiger partial charge in [-0.05, 0) is 99.5 Å². The summed E-state index contributed by atoms with van der Waals surface area (Å²) in [5.41, 5.74) is 0.560. The highest BCUT2D eigenvalue weighted by Gasteiger charge is 2.51. The van der Waals surface area contributed by atoms with Crippen LogP contribution in [0.4, 0.5) is 0 Å². The lowest BCUT2D eigenvalue weighted by molar-refractivity contribution is -0.157. The molecule has 3 rings (SSSR count). The van der Waals surface area contributed by atoms with Gasteiger partial charge in [-0.3, -0.25) is 0 Å². The molecule has 0 aromatic heterocycles. The van der Waals surface area contributed by atoms with E-state index < -0.39 is 30.0 Å². The Morgan fingerprint density at radius 2 is 1.85 bits per heavy atom. The van der Waals surface area contributed by atoms with Gasteiger partial charge in [0.2, 0.25) is 0 Å². The zero-order chi connectivity index (χ0) is 24.6. The maximum absolute atomic E-state index is 10.8. The SMILES string of the molecule is C=C1/C(=C\C=C2/CCC[C@]3(C)[C@@H]([C@H](C)CC[C@@](C)(O)C(C)(O)CO)CC[C@@H]23)C[C@@H](O)C[C@@H]1O. The van der Waals surface area contributed by atoms with E-state index in [9.17, 15) is 25.5 Å². The van der Waals surface area contributed by atoms with E-state index >= 15 is 0 Å². The van der Waals surface area contributed by atoms with E-state index in [1.807, 2.05) is 0 Å². The fourth-order valence-corrected chi connectivity index (χ4v) is 6.83. The van der Waals surface area contributed by atoms with E-state index in [2.05, 4.69) is 32.6 Å². The lowest BCUT2D eigenvalue weighted by Gasteiger charge is -2.45. The molecule has 8 atom stereocenters. The summed E-state index contributed by atoms with van der Waals surface area (Å²) in [5, 5.41) is 50.8. The Labute approximate surface area is 199 Å². The van der Waals surface area contributed by atoms with E-state index in [-0.39, 0.29) is 5.41 Å². The third-order valence-corrected chi connectivity index (χ3v) is 9.54. The van der Waals surface area contributed by atoms with Crippen LogP contribution in [0.5, 0.6) is 0 Å². The van der Waals surface area contributed by atoms with E-state index in [1.54, 1.807) is 6.92 Å². The second-order valence-corrected chi connectivity index (χ2v) is 11.9. The van der Waals surface area contributed by atoms with Gasteiger partial charge < -0.3 is 25.5 Å². The molecule has 0 amide bonds. The van der Waals surface area contributed by atoms with Crippen LogP contribution in [0.2, 0.25) is 0 Å². The average Bonchev–Trinajstić information content (AvgIpc) is 3.11. The smallest absolute Gasteiger partial charge is 0.113 e. The van der Waals surface area contributed by atoms with E-state index in [4.69, 9.17) is 0 Å². The third-order valence-electron chi connectivity index (χ3n) is 9.54. The van der Waals surface area contributed by atoms with Crippen molar-refractivity contribution in [2.45, 2.75) is 109 Å². The van der Waals surface area contributed by atoms with Crippen molar-refractivity contribution in [3.63, 3.8) is 0 Å². The quantitative estimate of drug-likeness (QED) is 0.393. The number of aliphatic hydroxyl groups is 5. The number of allylic oxidation sites excluding steroid dienone is 3. The second kappa shape index (κ2) is 9.94. The minimum absolute atomic E-state index is 0.218. The van der Waals surface area contributed by atoms with Gasteiger partial charge in [-0.25, -0.2) is 0 Å². The van der Waals surface area contributed by atoms with Gasteiger partial charge in [-0.1, -0.05) is 38.2 Å².